The van der Waals surface area contributed by atoms with Gasteiger partial charge in [-0.25, -0.2) is 9.97 Å². The number of anilines is 1. The number of nitrogens with zero attached hydrogens (tertiary/aromatic N) is 2. The van der Waals surface area contributed by atoms with Crippen LogP contribution in [-0.2, 0) is 5.41 Å². The third-order valence-electron chi connectivity index (χ3n) is 2.64. The van der Waals surface area contributed by atoms with Gasteiger partial charge < -0.3 is 5.73 Å². The van der Waals surface area contributed by atoms with Gasteiger partial charge in [-0.15, -0.1) is 11.8 Å². The lowest BCUT2D eigenvalue weighted by Gasteiger charge is -2.19. The van der Waals surface area contributed by atoms with E-state index in [0.29, 0.717) is 17.0 Å². The normalized spacial score (nSPS) is 14.1. The molecule has 3 nitrogen and oxygen atoms in total. The summed E-state index contributed by atoms with van der Waals surface area (Å²) < 4.78 is 0. The minimum Gasteiger partial charge on any atom is -0.384 e. The van der Waals surface area contributed by atoms with Gasteiger partial charge in [0, 0.05) is 16.7 Å². The quantitative estimate of drug-likeness (QED) is 0.662. The number of hydrogen-bond donors (Lipinski definition) is 1. The number of nitrogens with two attached hydrogens (primary N) is 1. The van der Waals surface area contributed by atoms with Crippen LogP contribution in [0.3, 0.4) is 0 Å². The molecule has 0 aliphatic heterocycles. The second kappa shape index (κ2) is 5.25. The maximum atomic E-state index is 5.84. The van der Waals surface area contributed by atoms with Gasteiger partial charge in [0.05, 0.1) is 0 Å². The molecule has 1 aromatic heterocycles. The summed E-state index contributed by atoms with van der Waals surface area (Å²) in [5.41, 5.74) is 5.78. The van der Waals surface area contributed by atoms with Crippen LogP contribution in [0, 0.1) is 5.92 Å². The van der Waals surface area contributed by atoms with Crippen molar-refractivity contribution >= 4 is 17.6 Å². The van der Waals surface area contributed by atoms with E-state index in [9.17, 15) is 0 Å². The van der Waals surface area contributed by atoms with Gasteiger partial charge in [-0.1, -0.05) is 41.5 Å². The van der Waals surface area contributed by atoms with Crippen LogP contribution in [0.4, 0.5) is 5.82 Å². The van der Waals surface area contributed by atoms with Gasteiger partial charge in [-0.2, -0.15) is 0 Å². The molecule has 0 saturated heterocycles. The number of rotatable bonds is 3. The highest BCUT2D eigenvalue weighted by Crippen LogP contribution is 2.29. The van der Waals surface area contributed by atoms with Crippen LogP contribution in [0.2, 0.25) is 0 Å². The fourth-order valence-electron chi connectivity index (χ4n) is 1.17. The molecular formula is C13H23N3S. The molecule has 0 amide bonds. The van der Waals surface area contributed by atoms with Crippen LogP contribution in [0.5, 0.6) is 0 Å². The number of aromatic nitrogens is 2. The molecule has 0 spiro atoms. The molecule has 17 heavy (non-hydrogen) atoms. The minimum absolute atomic E-state index is 0.0637. The highest BCUT2D eigenvalue weighted by Gasteiger charge is 2.19. The Balaban J connectivity index is 2.98. The predicted molar refractivity (Wildman–Crippen MR) is 75.3 cm³/mol. The zero-order chi connectivity index (χ0) is 13.2. The van der Waals surface area contributed by atoms with Gasteiger partial charge in [0.25, 0.3) is 0 Å². The van der Waals surface area contributed by atoms with Crippen molar-refractivity contribution in [2.45, 2.75) is 57.2 Å². The van der Waals surface area contributed by atoms with Gasteiger partial charge in [0.15, 0.2) is 0 Å². The Bertz CT molecular complexity index is 383. The molecule has 0 radical (unpaired) electrons. The van der Waals surface area contributed by atoms with E-state index in [1.54, 1.807) is 11.8 Å². The molecular weight excluding hydrogens is 230 g/mol. The van der Waals surface area contributed by atoms with Crippen molar-refractivity contribution in [1.29, 1.82) is 0 Å². The SMILES string of the molecule is CC(C)C(C)Sc1cc(N)nc(C(C)(C)C)n1. The van der Waals surface area contributed by atoms with Crippen LogP contribution < -0.4 is 5.73 Å². The van der Waals surface area contributed by atoms with Crippen molar-refractivity contribution in [3.8, 4) is 0 Å². The maximum Gasteiger partial charge on any atom is 0.137 e. The highest BCUT2D eigenvalue weighted by atomic mass is 32.2. The van der Waals surface area contributed by atoms with Crippen LogP contribution in [-0.4, -0.2) is 15.2 Å². The zero-order valence-corrected chi connectivity index (χ0v) is 12.4. The van der Waals surface area contributed by atoms with E-state index < -0.39 is 0 Å². The molecule has 1 unspecified atom stereocenters. The summed E-state index contributed by atoms with van der Waals surface area (Å²) >= 11 is 1.76. The molecule has 0 aromatic carbocycles. The second-order valence-corrected chi connectivity index (χ2v) is 7.17. The lowest BCUT2D eigenvalue weighted by atomic mass is 9.96. The third kappa shape index (κ3) is 4.19. The van der Waals surface area contributed by atoms with Crippen molar-refractivity contribution in [2.24, 2.45) is 5.92 Å². The summed E-state index contributed by atoms with van der Waals surface area (Å²) in [7, 11) is 0. The van der Waals surface area contributed by atoms with Crippen molar-refractivity contribution in [3.63, 3.8) is 0 Å². The fraction of sp³-hybridized carbons (Fsp3) is 0.692. The first-order valence-electron chi connectivity index (χ1n) is 6.02. The molecule has 1 atom stereocenters. The van der Waals surface area contributed by atoms with E-state index >= 15 is 0 Å². The molecule has 0 fully saturated rings. The van der Waals surface area contributed by atoms with Crippen LogP contribution >= 0.6 is 11.8 Å². The molecule has 1 rings (SSSR count). The summed E-state index contributed by atoms with van der Waals surface area (Å²) in [6, 6.07) is 1.86. The molecule has 1 heterocycles. The first-order chi connectivity index (χ1) is 7.70. The van der Waals surface area contributed by atoms with Gasteiger partial charge in [-0.05, 0) is 5.92 Å². The summed E-state index contributed by atoms with van der Waals surface area (Å²) in [6.07, 6.45) is 0. The lowest BCUT2D eigenvalue weighted by Crippen LogP contribution is -2.17. The van der Waals surface area contributed by atoms with Crippen LogP contribution in [0.25, 0.3) is 0 Å². The number of hydrogen-bond acceptors (Lipinski definition) is 4. The van der Waals surface area contributed by atoms with Crippen LogP contribution in [0.1, 0.15) is 47.4 Å². The van der Waals surface area contributed by atoms with Crippen molar-refractivity contribution in [1.82, 2.24) is 9.97 Å². The van der Waals surface area contributed by atoms with E-state index in [0.717, 1.165) is 10.9 Å². The van der Waals surface area contributed by atoms with E-state index in [1.807, 2.05) is 6.07 Å². The summed E-state index contributed by atoms with van der Waals surface area (Å²) in [6.45, 7) is 12.9. The zero-order valence-electron chi connectivity index (χ0n) is 11.6. The largest absolute Gasteiger partial charge is 0.384 e. The Morgan fingerprint density at radius 2 is 1.76 bits per heavy atom. The first-order valence-corrected chi connectivity index (χ1v) is 6.90. The van der Waals surface area contributed by atoms with E-state index in [2.05, 4.69) is 51.5 Å². The van der Waals surface area contributed by atoms with Crippen molar-refractivity contribution in [2.75, 3.05) is 5.73 Å². The molecule has 0 saturated carbocycles. The molecule has 0 bridgehead atoms. The highest BCUT2D eigenvalue weighted by molar-refractivity contribution is 7.99. The summed E-state index contributed by atoms with van der Waals surface area (Å²) in [5, 5.41) is 1.50. The Labute approximate surface area is 109 Å². The van der Waals surface area contributed by atoms with Gasteiger partial charge in [-0.3, -0.25) is 0 Å². The number of nitrogen functional groups attached to an aromatic ring is 1. The molecule has 4 heteroatoms. The second-order valence-electron chi connectivity index (χ2n) is 5.77. The average molecular weight is 253 g/mol. The Morgan fingerprint density at radius 3 is 2.24 bits per heavy atom. The van der Waals surface area contributed by atoms with Crippen molar-refractivity contribution in [3.05, 3.63) is 11.9 Å². The van der Waals surface area contributed by atoms with Gasteiger partial charge >= 0.3 is 0 Å². The molecule has 0 aliphatic carbocycles. The van der Waals surface area contributed by atoms with E-state index in [4.69, 9.17) is 5.73 Å². The summed E-state index contributed by atoms with van der Waals surface area (Å²) in [5.74, 6) is 1.99. The average Bonchev–Trinajstić information content (AvgIpc) is 2.15. The molecule has 1 aromatic rings. The van der Waals surface area contributed by atoms with E-state index in [1.165, 1.54) is 0 Å². The first kappa shape index (κ1) is 14.3. The maximum absolute atomic E-state index is 5.84. The van der Waals surface area contributed by atoms with Crippen molar-refractivity contribution < 1.29 is 0 Å². The van der Waals surface area contributed by atoms with E-state index in [-0.39, 0.29) is 5.41 Å². The molecule has 2 N–H and O–H groups in total. The third-order valence-corrected chi connectivity index (χ3v) is 4.01. The van der Waals surface area contributed by atoms with Gasteiger partial charge in [0.2, 0.25) is 0 Å². The lowest BCUT2D eigenvalue weighted by molar-refractivity contribution is 0.539. The Hall–Kier alpha value is -0.770. The standard InChI is InChI=1S/C13H23N3S/c1-8(2)9(3)17-11-7-10(14)15-12(16-11)13(4,5)6/h7-9H,1-6H3,(H2,14,15,16). The topological polar surface area (TPSA) is 51.8 Å². The Morgan fingerprint density at radius 1 is 1.18 bits per heavy atom. The fourth-order valence-corrected chi connectivity index (χ4v) is 2.15. The minimum atomic E-state index is -0.0637. The summed E-state index contributed by atoms with van der Waals surface area (Å²) in [4.78, 5) is 8.91. The van der Waals surface area contributed by atoms with Gasteiger partial charge in [0.1, 0.15) is 16.7 Å². The van der Waals surface area contributed by atoms with Crippen LogP contribution in [0.15, 0.2) is 11.1 Å². The monoisotopic (exact) mass is 253 g/mol. The molecule has 0 aliphatic rings. The number of thioether (sulfide) groups is 1. The Kier molecular flexibility index (Phi) is 4.42. The smallest absolute Gasteiger partial charge is 0.137 e. The molecule has 96 valence electrons. The predicted octanol–water partition coefficient (Wildman–Crippen LogP) is 3.49.